The normalized spacial score (nSPS) is 10.5. The van der Waals surface area contributed by atoms with Crippen LogP contribution in [-0.2, 0) is 13.5 Å². The standard InChI is InChI=1S/C11H16N6/c1-8-10(12)14-7-15-11(8)13-5-3-9-4-6-17(2)16-9/h4,6-7H,3,5H2,1-2H3,(H3,12,13,14,15). The molecule has 2 heterocycles. The number of anilines is 2. The lowest BCUT2D eigenvalue weighted by Gasteiger charge is -2.08. The quantitative estimate of drug-likeness (QED) is 0.813. The summed E-state index contributed by atoms with van der Waals surface area (Å²) >= 11 is 0. The second-order valence-corrected chi connectivity index (χ2v) is 3.89. The molecule has 0 spiro atoms. The molecule has 0 atom stereocenters. The Kier molecular flexibility index (Phi) is 3.22. The summed E-state index contributed by atoms with van der Waals surface area (Å²) < 4.78 is 1.79. The first-order chi connectivity index (χ1) is 8.16. The van der Waals surface area contributed by atoms with Crippen LogP contribution in [0, 0.1) is 6.92 Å². The van der Waals surface area contributed by atoms with E-state index in [0.29, 0.717) is 5.82 Å². The molecule has 2 rings (SSSR count). The van der Waals surface area contributed by atoms with Crippen LogP contribution in [0.1, 0.15) is 11.3 Å². The zero-order chi connectivity index (χ0) is 12.3. The number of nitrogens with one attached hydrogen (secondary N) is 1. The SMILES string of the molecule is Cc1c(N)ncnc1NCCc1ccn(C)n1. The van der Waals surface area contributed by atoms with Crippen molar-refractivity contribution in [2.45, 2.75) is 13.3 Å². The van der Waals surface area contributed by atoms with Crippen LogP contribution in [0.15, 0.2) is 18.6 Å². The van der Waals surface area contributed by atoms with E-state index in [0.717, 1.165) is 30.0 Å². The number of nitrogen functional groups attached to an aromatic ring is 1. The molecule has 0 fully saturated rings. The third-order valence-corrected chi connectivity index (χ3v) is 2.57. The molecular formula is C11H16N6. The minimum atomic E-state index is 0.514. The molecule has 0 unspecified atom stereocenters. The predicted molar refractivity (Wildman–Crippen MR) is 66.6 cm³/mol. The van der Waals surface area contributed by atoms with Crippen molar-refractivity contribution in [2.75, 3.05) is 17.6 Å². The molecule has 0 aliphatic heterocycles. The van der Waals surface area contributed by atoms with Gasteiger partial charge in [0.1, 0.15) is 18.0 Å². The van der Waals surface area contributed by atoms with Crippen molar-refractivity contribution in [1.29, 1.82) is 0 Å². The van der Waals surface area contributed by atoms with E-state index in [2.05, 4.69) is 20.4 Å². The van der Waals surface area contributed by atoms with Gasteiger partial charge in [0, 0.05) is 31.8 Å². The number of aryl methyl sites for hydroxylation is 1. The average Bonchev–Trinajstić information content (AvgIpc) is 2.70. The van der Waals surface area contributed by atoms with Gasteiger partial charge in [0.05, 0.1) is 5.69 Å². The van der Waals surface area contributed by atoms with Gasteiger partial charge in [-0.25, -0.2) is 9.97 Å². The van der Waals surface area contributed by atoms with Gasteiger partial charge in [-0.15, -0.1) is 0 Å². The number of aromatic nitrogens is 4. The highest BCUT2D eigenvalue weighted by molar-refractivity contribution is 5.53. The van der Waals surface area contributed by atoms with Crippen molar-refractivity contribution >= 4 is 11.6 Å². The molecule has 0 bridgehead atoms. The smallest absolute Gasteiger partial charge is 0.134 e. The third-order valence-electron chi connectivity index (χ3n) is 2.57. The first kappa shape index (κ1) is 11.4. The fourth-order valence-corrected chi connectivity index (χ4v) is 1.55. The summed E-state index contributed by atoms with van der Waals surface area (Å²) in [6, 6.07) is 2.00. The van der Waals surface area contributed by atoms with Gasteiger partial charge in [0.15, 0.2) is 0 Å². The van der Waals surface area contributed by atoms with Gasteiger partial charge < -0.3 is 11.1 Å². The van der Waals surface area contributed by atoms with E-state index < -0.39 is 0 Å². The number of hydrogen-bond acceptors (Lipinski definition) is 5. The number of nitrogens with zero attached hydrogens (tertiary/aromatic N) is 4. The van der Waals surface area contributed by atoms with Gasteiger partial charge in [-0.2, -0.15) is 5.10 Å². The molecule has 0 saturated heterocycles. The summed E-state index contributed by atoms with van der Waals surface area (Å²) in [5.74, 6) is 1.30. The Labute approximate surface area is 99.9 Å². The molecule has 90 valence electrons. The van der Waals surface area contributed by atoms with Crippen molar-refractivity contribution < 1.29 is 0 Å². The molecule has 0 radical (unpaired) electrons. The number of hydrogen-bond donors (Lipinski definition) is 2. The van der Waals surface area contributed by atoms with E-state index >= 15 is 0 Å². The first-order valence-corrected chi connectivity index (χ1v) is 5.46. The molecule has 2 aromatic rings. The third kappa shape index (κ3) is 2.72. The van der Waals surface area contributed by atoms with Gasteiger partial charge in [-0.05, 0) is 13.0 Å². The van der Waals surface area contributed by atoms with E-state index in [4.69, 9.17) is 5.73 Å². The molecule has 0 aliphatic carbocycles. The van der Waals surface area contributed by atoms with Crippen molar-refractivity contribution in [1.82, 2.24) is 19.7 Å². The summed E-state index contributed by atoms with van der Waals surface area (Å²) in [4.78, 5) is 8.07. The van der Waals surface area contributed by atoms with Crippen LogP contribution >= 0.6 is 0 Å². The van der Waals surface area contributed by atoms with Gasteiger partial charge in [-0.1, -0.05) is 0 Å². The molecule has 0 aromatic carbocycles. The monoisotopic (exact) mass is 232 g/mol. The second kappa shape index (κ2) is 4.82. The lowest BCUT2D eigenvalue weighted by molar-refractivity contribution is 0.742. The Hall–Kier alpha value is -2.11. The van der Waals surface area contributed by atoms with Crippen LogP contribution in [0.25, 0.3) is 0 Å². The Morgan fingerprint density at radius 1 is 1.41 bits per heavy atom. The predicted octanol–water partition coefficient (Wildman–Crippen LogP) is 0.755. The Morgan fingerprint density at radius 2 is 2.24 bits per heavy atom. The summed E-state index contributed by atoms with van der Waals surface area (Å²) in [5, 5.41) is 7.53. The largest absolute Gasteiger partial charge is 0.383 e. The van der Waals surface area contributed by atoms with E-state index in [-0.39, 0.29) is 0 Å². The van der Waals surface area contributed by atoms with Crippen LogP contribution in [0.2, 0.25) is 0 Å². The molecule has 0 saturated carbocycles. The summed E-state index contributed by atoms with van der Waals surface area (Å²) in [7, 11) is 1.91. The van der Waals surface area contributed by atoms with E-state index in [1.165, 1.54) is 6.33 Å². The maximum Gasteiger partial charge on any atom is 0.134 e. The summed E-state index contributed by atoms with van der Waals surface area (Å²) in [5.41, 5.74) is 7.64. The minimum Gasteiger partial charge on any atom is -0.383 e. The number of rotatable bonds is 4. The minimum absolute atomic E-state index is 0.514. The van der Waals surface area contributed by atoms with Crippen LogP contribution in [-0.4, -0.2) is 26.3 Å². The lowest BCUT2D eigenvalue weighted by atomic mass is 10.3. The number of nitrogens with two attached hydrogens (primary N) is 1. The zero-order valence-corrected chi connectivity index (χ0v) is 10.0. The van der Waals surface area contributed by atoms with Crippen molar-refractivity contribution in [3.63, 3.8) is 0 Å². The van der Waals surface area contributed by atoms with Crippen LogP contribution in [0.3, 0.4) is 0 Å². The summed E-state index contributed by atoms with van der Waals surface area (Å²) in [6.07, 6.45) is 4.25. The van der Waals surface area contributed by atoms with Gasteiger partial charge in [0.2, 0.25) is 0 Å². The molecular weight excluding hydrogens is 216 g/mol. The second-order valence-electron chi connectivity index (χ2n) is 3.89. The summed E-state index contributed by atoms with van der Waals surface area (Å²) in [6.45, 7) is 2.67. The topological polar surface area (TPSA) is 81.6 Å². The lowest BCUT2D eigenvalue weighted by Crippen LogP contribution is -2.10. The zero-order valence-electron chi connectivity index (χ0n) is 10.0. The van der Waals surface area contributed by atoms with E-state index in [1.54, 1.807) is 4.68 Å². The maximum absolute atomic E-state index is 5.70. The van der Waals surface area contributed by atoms with E-state index in [9.17, 15) is 0 Å². The Morgan fingerprint density at radius 3 is 2.94 bits per heavy atom. The molecule has 17 heavy (non-hydrogen) atoms. The van der Waals surface area contributed by atoms with E-state index in [1.807, 2.05) is 26.2 Å². The van der Waals surface area contributed by atoms with Gasteiger partial charge in [-0.3, -0.25) is 4.68 Å². The molecule has 0 amide bonds. The molecule has 6 nitrogen and oxygen atoms in total. The molecule has 0 aliphatic rings. The van der Waals surface area contributed by atoms with Crippen molar-refractivity contribution in [2.24, 2.45) is 7.05 Å². The molecule has 6 heteroatoms. The van der Waals surface area contributed by atoms with Crippen LogP contribution in [0.4, 0.5) is 11.6 Å². The van der Waals surface area contributed by atoms with Gasteiger partial charge >= 0.3 is 0 Å². The van der Waals surface area contributed by atoms with Gasteiger partial charge in [0.25, 0.3) is 0 Å². The Bertz CT molecular complexity index is 504. The Balaban J connectivity index is 1.92. The fourth-order valence-electron chi connectivity index (χ4n) is 1.55. The van der Waals surface area contributed by atoms with Crippen LogP contribution in [0.5, 0.6) is 0 Å². The maximum atomic E-state index is 5.70. The van der Waals surface area contributed by atoms with Crippen molar-refractivity contribution in [3.8, 4) is 0 Å². The highest BCUT2D eigenvalue weighted by atomic mass is 15.2. The molecule has 3 N–H and O–H groups in total. The average molecular weight is 232 g/mol. The highest BCUT2D eigenvalue weighted by Crippen LogP contribution is 2.14. The molecule has 2 aromatic heterocycles. The fraction of sp³-hybridized carbons (Fsp3) is 0.364. The first-order valence-electron chi connectivity index (χ1n) is 5.46. The highest BCUT2D eigenvalue weighted by Gasteiger charge is 2.03. The van der Waals surface area contributed by atoms with Crippen molar-refractivity contribution in [3.05, 3.63) is 29.8 Å². The van der Waals surface area contributed by atoms with Crippen LogP contribution < -0.4 is 11.1 Å².